The summed E-state index contributed by atoms with van der Waals surface area (Å²) >= 11 is 0. The van der Waals surface area contributed by atoms with Crippen LogP contribution in [0.2, 0.25) is 0 Å². The first kappa shape index (κ1) is 14.0. The Bertz CT molecular complexity index is 484. The Kier molecular flexibility index (Phi) is 3.61. The van der Waals surface area contributed by atoms with Gasteiger partial charge >= 0.3 is 5.97 Å². The lowest BCUT2D eigenvalue weighted by atomic mass is 9.74. The SMILES string of the molecule is CC(C)(Nc1ccc(C#N)nc1)C(C)(C)C(=O)O. The van der Waals surface area contributed by atoms with Crippen LogP contribution in [0.25, 0.3) is 0 Å². The highest BCUT2D eigenvalue weighted by Gasteiger charge is 2.43. The van der Waals surface area contributed by atoms with E-state index in [-0.39, 0.29) is 0 Å². The predicted molar refractivity (Wildman–Crippen MR) is 68.1 cm³/mol. The molecule has 96 valence electrons. The molecular weight excluding hydrogens is 230 g/mol. The van der Waals surface area contributed by atoms with Crippen molar-refractivity contribution in [3.63, 3.8) is 0 Å². The van der Waals surface area contributed by atoms with Gasteiger partial charge in [0.05, 0.1) is 17.3 Å². The first-order chi connectivity index (χ1) is 8.20. The molecule has 0 saturated carbocycles. The fraction of sp³-hybridized carbons (Fsp3) is 0.462. The maximum atomic E-state index is 11.3. The molecule has 1 heterocycles. The third kappa shape index (κ3) is 2.59. The van der Waals surface area contributed by atoms with Gasteiger partial charge in [0.1, 0.15) is 11.8 Å². The van der Waals surface area contributed by atoms with Crippen LogP contribution in [-0.2, 0) is 4.79 Å². The van der Waals surface area contributed by atoms with E-state index in [0.29, 0.717) is 11.4 Å². The summed E-state index contributed by atoms with van der Waals surface area (Å²) in [5, 5.41) is 21.0. The number of nitrogens with zero attached hydrogens (tertiary/aromatic N) is 2. The van der Waals surface area contributed by atoms with Gasteiger partial charge in [0.15, 0.2) is 0 Å². The zero-order chi connectivity index (χ0) is 14.0. The van der Waals surface area contributed by atoms with Crippen LogP contribution in [-0.4, -0.2) is 21.6 Å². The minimum atomic E-state index is -0.944. The largest absolute Gasteiger partial charge is 0.481 e. The van der Waals surface area contributed by atoms with Crippen molar-refractivity contribution in [1.29, 1.82) is 5.26 Å². The Labute approximate surface area is 106 Å². The molecule has 0 aliphatic rings. The van der Waals surface area contributed by atoms with Crippen LogP contribution >= 0.6 is 0 Å². The van der Waals surface area contributed by atoms with Gasteiger partial charge < -0.3 is 10.4 Å². The van der Waals surface area contributed by atoms with Gasteiger partial charge in [-0.2, -0.15) is 5.26 Å². The first-order valence-corrected chi connectivity index (χ1v) is 5.58. The molecule has 5 heteroatoms. The summed E-state index contributed by atoms with van der Waals surface area (Å²) in [6.07, 6.45) is 1.53. The Balaban J connectivity index is 2.95. The number of aliphatic carboxylic acids is 1. The summed E-state index contributed by atoms with van der Waals surface area (Å²) in [5.74, 6) is -0.874. The number of carboxylic acids is 1. The van der Waals surface area contributed by atoms with Crippen molar-refractivity contribution >= 4 is 11.7 Å². The Morgan fingerprint density at radius 1 is 1.39 bits per heavy atom. The van der Waals surface area contributed by atoms with Crippen LogP contribution in [0.3, 0.4) is 0 Å². The molecule has 0 radical (unpaired) electrons. The molecule has 0 atom stereocenters. The van der Waals surface area contributed by atoms with Crippen LogP contribution in [0.1, 0.15) is 33.4 Å². The van der Waals surface area contributed by atoms with E-state index in [1.54, 1.807) is 26.0 Å². The summed E-state index contributed by atoms with van der Waals surface area (Å²) in [6.45, 7) is 6.97. The topological polar surface area (TPSA) is 86.0 Å². The molecule has 5 nitrogen and oxygen atoms in total. The lowest BCUT2D eigenvalue weighted by Crippen LogP contribution is -2.50. The van der Waals surface area contributed by atoms with Crippen molar-refractivity contribution in [1.82, 2.24) is 4.98 Å². The number of nitriles is 1. The summed E-state index contributed by atoms with van der Waals surface area (Å²) in [4.78, 5) is 15.2. The number of rotatable bonds is 4. The Morgan fingerprint density at radius 3 is 2.39 bits per heavy atom. The van der Waals surface area contributed by atoms with E-state index in [4.69, 9.17) is 5.26 Å². The van der Waals surface area contributed by atoms with E-state index in [9.17, 15) is 9.90 Å². The molecule has 18 heavy (non-hydrogen) atoms. The summed E-state index contributed by atoms with van der Waals surface area (Å²) in [7, 11) is 0. The van der Waals surface area contributed by atoms with Crippen LogP contribution in [0.5, 0.6) is 0 Å². The molecular formula is C13H17N3O2. The molecule has 0 aliphatic heterocycles. The molecule has 0 fully saturated rings. The van der Waals surface area contributed by atoms with Gasteiger partial charge in [0, 0.05) is 5.54 Å². The average molecular weight is 247 g/mol. The van der Waals surface area contributed by atoms with Crippen molar-refractivity contribution in [3.05, 3.63) is 24.0 Å². The zero-order valence-electron chi connectivity index (χ0n) is 11.0. The molecule has 1 aromatic heterocycles. The third-order valence-electron chi connectivity index (χ3n) is 3.43. The lowest BCUT2D eigenvalue weighted by Gasteiger charge is -2.39. The van der Waals surface area contributed by atoms with Gasteiger partial charge in [-0.1, -0.05) is 0 Å². The van der Waals surface area contributed by atoms with Crippen molar-refractivity contribution in [2.45, 2.75) is 33.2 Å². The van der Waals surface area contributed by atoms with Crippen molar-refractivity contribution < 1.29 is 9.90 Å². The summed E-state index contributed by atoms with van der Waals surface area (Å²) < 4.78 is 0. The van der Waals surface area contributed by atoms with E-state index in [1.807, 2.05) is 19.9 Å². The minimum absolute atomic E-state index is 0.329. The monoisotopic (exact) mass is 247 g/mol. The Morgan fingerprint density at radius 2 is 2.00 bits per heavy atom. The maximum absolute atomic E-state index is 11.3. The smallest absolute Gasteiger partial charge is 0.311 e. The number of hydrogen-bond acceptors (Lipinski definition) is 4. The number of carboxylic acid groups (broad SMARTS) is 1. The molecule has 0 amide bonds. The Hall–Kier alpha value is -2.09. The quantitative estimate of drug-likeness (QED) is 0.852. The number of hydrogen-bond donors (Lipinski definition) is 2. The van der Waals surface area contributed by atoms with E-state index >= 15 is 0 Å². The molecule has 0 unspecified atom stereocenters. The maximum Gasteiger partial charge on any atom is 0.311 e. The van der Waals surface area contributed by atoms with Gasteiger partial charge in [-0.3, -0.25) is 4.79 Å². The van der Waals surface area contributed by atoms with E-state index < -0.39 is 16.9 Å². The van der Waals surface area contributed by atoms with Crippen LogP contribution in [0, 0.1) is 16.7 Å². The highest BCUT2D eigenvalue weighted by atomic mass is 16.4. The van der Waals surface area contributed by atoms with Crippen LogP contribution in [0.4, 0.5) is 5.69 Å². The minimum Gasteiger partial charge on any atom is -0.481 e. The second-order valence-corrected chi connectivity index (χ2v) is 5.22. The standard InChI is InChI=1S/C13H17N3O2/c1-12(2,11(17)18)13(3,4)16-10-6-5-9(7-14)15-8-10/h5-6,8,16H,1-4H3,(H,17,18). The fourth-order valence-electron chi connectivity index (χ4n) is 1.32. The van der Waals surface area contributed by atoms with Gasteiger partial charge in [0.2, 0.25) is 0 Å². The molecule has 0 spiro atoms. The second-order valence-electron chi connectivity index (χ2n) is 5.22. The molecule has 0 bridgehead atoms. The molecule has 0 aromatic carbocycles. The first-order valence-electron chi connectivity index (χ1n) is 5.58. The average Bonchev–Trinajstić information content (AvgIpc) is 2.29. The molecule has 2 N–H and O–H groups in total. The normalized spacial score (nSPS) is 11.7. The predicted octanol–water partition coefficient (Wildman–Crippen LogP) is 2.25. The number of carbonyl (C=O) groups is 1. The van der Waals surface area contributed by atoms with Crippen molar-refractivity contribution in [2.24, 2.45) is 5.41 Å². The third-order valence-corrected chi connectivity index (χ3v) is 3.43. The molecule has 1 aromatic rings. The van der Waals surface area contributed by atoms with Crippen molar-refractivity contribution in [3.8, 4) is 6.07 Å². The zero-order valence-corrected chi connectivity index (χ0v) is 11.0. The fourth-order valence-corrected chi connectivity index (χ4v) is 1.32. The highest BCUT2D eigenvalue weighted by molar-refractivity contribution is 5.76. The lowest BCUT2D eigenvalue weighted by molar-refractivity contribution is -0.149. The van der Waals surface area contributed by atoms with E-state index in [2.05, 4.69) is 10.3 Å². The van der Waals surface area contributed by atoms with Crippen molar-refractivity contribution in [2.75, 3.05) is 5.32 Å². The molecule has 0 saturated heterocycles. The molecule has 1 rings (SSSR count). The summed E-state index contributed by atoms with van der Waals surface area (Å²) in [5.41, 5.74) is -0.584. The second kappa shape index (κ2) is 4.65. The number of aromatic nitrogens is 1. The number of anilines is 1. The van der Waals surface area contributed by atoms with Gasteiger partial charge in [-0.05, 0) is 39.8 Å². The highest BCUT2D eigenvalue weighted by Crippen LogP contribution is 2.33. The van der Waals surface area contributed by atoms with Crippen LogP contribution in [0.15, 0.2) is 18.3 Å². The van der Waals surface area contributed by atoms with Gasteiger partial charge in [-0.15, -0.1) is 0 Å². The number of nitrogens with one attached hydrogen (secondary N) is 1. The van der Waals surface area contributed by atoms with E-state index in [0.717, 1.165) is 0 Å². The molecule has 0 aliphatic carbocycles. The van der Waals surface area contributed by atoms with Crippen LogP contribution < -0.4 is 5.32 Å². The van der Waals surface area contributed by atoms with Gasteiger partial charge in [-0.25, -0.2) is 4.98 Å². The van der Waals surface area contributed by atoms with E-state index in [1.165, 1.54) is 6.20 Å². The number of pyridine rings is 1. The van der Waals surface area contributed by atoms with Gasteiger partial charge in [0.25, 0.3) is 0 Å². The summed E-state index contributed by atoms with van der Waals surface area (Å²) in [6, 6.07) is 5.24.